The van der Waals surface area contributed by atoms with E-state index >= 15 is 0 Å². The molecule has 0 amide bonds. The van der Waals surface area contributed by atoms with Crippen molar-refractivity contribution in [3.63, 3.8) is 0 Å². The lowest BCUT2D eigenvalue weighted by molar-refractivity contribution is 0.755. The van der Waals surface area contributed by atoms with Gasteiger partial charge in [-0.2, -0.15) is 42.1 Å². The lowest BCUT2D eigenvalue weighted by Gasteiger charge is -2.42. The third kappa shape index (κ3) is 10.7. The van der Waals surface area contributed by atoms with Gasteiger partial charge < -0.3 is 42.5 Å². The molecule has 0 radical (unpaired) electrons. The molecule has 0 spiro atoms. The van der Waals surface area contributed by atoms with Crippen LogP contribution >= 0.6 is 0 Å². The number of rotatable bonds is 0. The highest BCUT2D eigenvalue weighted by Crippen LogP contribution is 2.62. The van der Waals surface area contributed by atoms with E-state index in [1.807, 2.05) is 48.5 Å². The fourth-order valence-corrected chi connectivity index (χ4v) is 22.1. The number of benzene rings is 12. The molecule has 12 aromatic carbocycles. The van der Waals surface area contributed by atoms with E-state index in [1.54, 1.807) is 24.3 Å². The second-order valence-corrected chi connectivity index (χ2v) is 33.7. The maximum absolute atomic E-state index is 10.4. The number of hydrogen-bond donors (Lipinski definition) is 8. The number of aromatic nitrogens is 4. The number of nitriles is 8. The summed E-state index contributed by atoms with van der Waals surface area (Å²) in [4.78, 5) is 19.7. The van der Waals surface area contributed by atoms with Crippen LogP contribution in [-0.4, -0.2) is 19.9 Å². The van der Waals surface area contributed by atoms with Crippen LogP contribution in [0.25, 0.3) is 0 Å². The van der Waals surface area contributed by atoms with Gasteiger partial charge in [0, 0.05) is 92.8 Å². The van der Waals surface area contributed by atoms with Crippen molar-refractivity contribution >= 4 is 92.0 Å². The van der Waals surface area contributed by atoms with E-state index in [-0.39, 0.29) is 91.9 Å². The van der Waals surface area contributed by atoms with Crippen molar-refractivity contribution < 1.29 is 0 Å². The molecule has 0 fully saturated rings. The highest BCUT2D eigenvalue weighted by Gasteiger charge is 2.47. The Morgan fingerprint density at radius 2 is 0.266 bits per heavy atom. The van der Waals surface area contributed by atoms with Crippen LogP contribution < -0.4 is 42.5 Å². The number of anilines is 16. The maximum atomic E-state index is 10.4. The molecular formula is C108H60N20. The molecule has 0 saturated carbocycles. The highest BCUT2D eigenvalue weighted by atomic mass is 15.1. The molecule has 8 N–H and O–H groups in total. The Morgan fingerprint density at radius 1 is 0.148 bits per heavy atom. The highest BCUT2D eigenvalue weighted by molar-refractivity contribution is 5.85. The van der Waals surface area contributed by atoms with Gasteiger partial charge in [-0.25, -0.2) is 19.9 Å². The minimum absolute atomic E-state index is 0.00651. The minimum Gasteiger partial charge on any atom is -0.339 e. The summed E-state index contributed by atoms with van der Waals surface area (Å²) in [5.41, 5.74) is 36.7. The summed E-state index contributed by atoms with van der Waals surface area (Å²) in [6.07, 6.45) is 0. The van der Waals surface area contributed by atoms with E-state index in [4.69, 9.17) is 19.9 Å². The van der Waals surface area contributed by atoms with Crippen molar-refractivity contribution in [1.82, 2.24) is 19.9 Å². The van der Waals surface area contributed by atoms with E-state index in [9.17, 15) is 42.1 Å². The van der Waals surface area contributed by atoms with Crippen LogP contribution in [0, 0.1) is 90.6 Å². The molecule has 20 nitrogen and oxygen atoms in total. The number of nitrogens with one attached hydrogen (secondary N) is 8. The molecule has 16 aromatic rings. The zero-order valence-corrected chi connectivity index (χ0v) is 67.4. The van der Waals surface area contributed by atoms with Gasteiger partial charge in [0.05, 0.1) is 44.5 Å². The Bertz CT molecular complexity index is 6870. The lowest BCUT2D eigenvalue weighted by atomic mass is 9.61. The molecule has 30 rings (SSSR count). The van der Waals surface area contributed by atoms with Crippen LogP contribution in [0.1, 0.15) is 225 Å². The Kier molecular flexibility index (Phi) is 15.6. The summed E-state index contributed by atoms with van der Waals surface area (Å²) in [7, 11) is 0. The third-order valence-corrected chi connectivity index (χ3v) is 27.3. The van der Waals surface area contributed by atoms with Gasteiger partial charge in [-0.1, -0.05) is 146 Å². The Hall–Kier alpha value is -18.4. The van der Waals surface area contributed by atoms with Gasteiger partial charge in [0.1, 0.15) is 48.6 Å². The van der Waals surface area contributed by atoms with Crippen molar-refractivity contribution in [2.75, 3.05) is 42.5 Å². The zero-order valence-electron chi connectivity index (χ0n) is 67.4. The van der Waals surface area contributed by atoms with Gasteiger partial charge in [-0.15, -0.1) is 0 Å². The normalized spacial score (nSPS) is 17.8. The molecule has 0 unspecified atom stereocenters. The van der Waals surface area contributed by atoms with Crippen LogP contribution in [0.3, 0.4) is 0 Å². The fraction of sp³-hybridized carbons (Fsp3) is 0.0741. The lowest BCUT2D eigenvalue weighted by Crippen LogP contribution is -2.27. The van der Waals surface area contributed by atoms with Crippen LogP contribution in [0.5, 0.6) is 0 Å². The van der Waals surface area contributed by atoms with Gasteiger partial charge in [-0.05, 0) is 255 Å². The molecule has 14 aliphatic rings. The summed E-state index contributed by atoms with van der Waals surface area (Å²) < 4.78 is 0. The summed E-state index contributed by atoms with van der Waals surface area (Å²) >= 11 is 0. The van der Waals surface area contributed by atoms with Crippen LogP contribution in [-0.2, 0) is 0 Å². The quantitative estimate of drug-likeness (QED) is 0.0699. The molecule has 12 aliphatic carbocycles. The molecule has 128 heavy (non-hydrogen) atoms. The number of nitrogens with zero attached hydrogens (tertiary/aromatic N) is 12. The number of pyridine rings is 4. The predicted molar refractivity (Wildman–Crippen MR) is 486 cm³/mol. The van der Waals surface area contributed by atoms with E-state index < -0.39 is 0 Å². The number of hydrogen-bond acceptors (Lipinski definition) is 20. The second kappa shape index (κ2) is 27.5. The monoisotopic (exact) mass is 1640 g/mol. The average Bonchev–Trinajstić information content (AvgIpc) is 0.714. The topological polar surface area (TPSA) is 338 Å². The molecular weight excluding hydrogens is 1580 g/mol. The first kappa shape index (κ1) is 72.4. The standard InChI is InChI=1S/2C54H30N10/c2*55-23-27-17-29(25-57)53-61-33-11-15-41-45(21-33)50-38-8-4-2-6-36(38)48(41)42-16-12-34(22-46(42)50)62-54-30(26-58)18-28(24-56)52(64-54)60-32-10-14-40-44(20-32)49-37-7-3-1-5-35(37)47(40)39-13-9-31(19-43(39)49)59-51(27)63-53/h2*1-22,47-50H,(H2,59,61,63)(H2,60,62,64). The van der Waals surface area contributed by atoms with Crippen LogP contribution in [0.2, 0.25) is 0 Å². The summed E-state index contributed by atoms with van der Waals surface area (Å²) in [5, 5.41) is 111. The SMILES string of the molecule is N#Cc1cc(C#N)c2nc1Nc1ccc3c(c1)C1c4ccccc4C3c3ccc(cc31)Nc1nc(c(C#N)cc1C#N)Nc1ccc3c(c1)C1c4ccccc4C3c3ccc(cc31)N2.N#Cc1cc(C#N)c2nc1Nc1ccc3c(c1)C1c4ccccc4C3c3ccc(cc31)Nc1nc(c(C#N)cc1C#N)Nc1ccc3c(c1)C1c4ccccc4C3c3ccc(cc31)N2. The van der Waals surface area contributed by atoms with E-state index in [1.165, 1.54) is 89.0 Å². The van der Waals surface area contributed by atoms with Crippen molar-refractivity contribution in [3.8, 4) is 48.6 Å². The smallest absolute Gasteiger partial charge is 0.150 e. The maximum Gasteiger partial charge on any atom is 0.150 e. The van der Waals surface area contributed by atoms with Crippen LogP contribution in [0.15, 0.2) is 267 Å². The van der Waals surface area contributed by atoms with Crippen molar-refractivity contribution in [1.29, 1.82) is 42.1 Å². The molecule has 32 bridgehead atoms. The molecule has 4 aromatic heterocycles. The second-order valence-electron chi connectivity index (χ2n) is 33.7. The van der Waals surface area contributed by atoms with Gasteiger partial charge >= 0.3 is 0 Å². The first-order chi connectivity index (χ1) is 63.0. The molecule has 20 heteroatoms. The Morgan fingerprint density at radius 3 is 0.391 bits per heavy atom. The summed E-state index contributed by atoms with van der Waals surface area (Å²) in [5.74, 6) is 2.26. The van der Waals surface area contributed by atoms with E-state index in [0.717, 1.165) is 90.0 Å². The third-order valence-electron chi connectivity index (χ3n) is 27.3. The molecule has 2 aliphatic heterocycles. The summed E-state index contributed by atoms with van der Waals surface area (Å²) in [6.45, 7) is 0. The summed E-state index contributed by atoms with van der Waals surface area (Å²) in [6, 6.07) is 109. The minimum atomic E-state index is -0.112. The van der Waals surface area contributed by atoms with E-state index in [2.05, 4.69) is 285 Å². The van der Waals surface area contributed by atoms with Crippen molar-refractivity contribution in [2.45, 2.75) is 47.3 Å². The first-order valence-corrected chi connectivity index (χ1v) is 42.0. The van der Waals surface area contributed by atoms with Crippen molar-refractivity contribution in [2.24, 2.45) is 0 Å². The Balaban J connectivity index is 0.000000139. The van der Waals surface area contributed by atoms with Crippen LogP contribution in [0.4, 0.5) is 92.0 Å². The van der Waals surface area contributed by atoms with Gasteiger partial charge in [0.2, 0.25) is 0 Å². The van der Waals surface area contributed by atoms with Gasteiger partial charge in [0.15, 0.2) is 46.5 Å². The van der Waals surface area contributed by atoms with Crippen molar-refractivity contribution in [3.05, 3.63) is 445 Å². The van der Waals surface area contributed by atoms with Gasteiger partial charge in [0.25, 0.3) is 0 Å². The van der Waals surface area contributed by atoms with E-state index in [0.29, 0.717) is 46.5 Å². The predicted octanol–water partition coefficient (Wildman–Crippen LogP) is 22.5. The Labute approximate surface area is 732 Å². The molecule has 0 saturated heterocycles. The largest absolute Gasteiger partial charge is 0.339 e. The van der Waals surface area contributed by atoms with Gasteiger partial charge in [-0.3, -0.25) is 0 Å². The fourth-order valence-electron chi connectivity index (χ4n) is 22.1. The molecule has 6 heterocycles. The number of fused-ring (bicyclic) bond motifs is 16. The molecule has 0 atom stereocenters. The molecule has 592 valence electrons. The average molecular weight is 1640 g/mol. The first-order valence-electron chi connectivity index (χ1n) is 42.0. The zero-order chi connectivity index (χ0) is 85.6.